The van der Waals surface area contributed by atoms with Gasteiger partial charge in [0.1, 0.15) is 17.4 Å². The van der Waals surface area contributed by atoms with Crippen molar-refractivity contribution < 1.29 is 19.1 Å². The Morgan fingerprint density at radius 1 is 1.22 bits per heavy atom. The van der Waals surface area contributed by atoms with Crippen LogP contribution in [0.25, 0.3) is 0 Å². The van der Waals surface area contributed by atoms with Gasteiger partial charge in [-0.05, 0) is 23.3 Å². The normalized spacial score (nSPS) is 16.5. The van der Waals surface area contributed by atoms with E-state index in [1.54, 1.807) is 59.5 Å². The van der Waals surface area contributed by atoms with E-state index in [-0.39, 0.29) is 17.4 Å². The highest BCUT2D eigenvalue weighted by Gasteiger charge is 2.40. The molecule has 2 aromatic carbocycles. The molecule has 37 heavy (non-hydrogen) atoms. The highest BCUT2D eigenvalue weighted by molar-refractivity contribution is 7.98. The molecule has 0 fully saturated rings. The maximum atomic E-state index is 14.1. The summed E-state index contributed by atoms with van der Waals surface area (Å²) in [5.74, 6) is -0.804. The van der Waals surface area contributed by atoms with Gasteiger partial charge in [0.2, 0.25) is 17.0 Å². The molecule has 0 aliphatic carbocycles. The smallest absolute Gasteiger partial charge is 0.269 e. The molecule has 12 heteroatoms. The van der Waals surface area contributed by atoms with Crippen molar-refractivity contribution in [1.82, 2.24) is 14.8 Å². The van der Waals surface area contributed by atoms with Crippen LogP contribution in [0, 0.1) is 21.8 Å². The molecule has 1 amide bonds. The van der Waals surface area contributed by atoms with Gasteiger partial charge in [-0.25, -0.2) is 14.1 Å². The van der Waals surface area contributed by atoms with Gasteiger partial charge >= 0.3 is 0 Å². The van der Waals surface area contributed by atoms with Crippen molar-refractivity contribution in [2.75, 3.05) is 10.6 Å². The van der Waals surface area contributed by atoms with E-state index >= 15 is 0 Å². The summed E-state index contributed by atoms with van der Waals surface area (Å²) in [7, 11) is 0. The van der Waals surface area contributed by atoms with Gasteiger partial charge in [0.05, 0.1) is 11.0 Å². The Morgan fingerprint density at radius 3 is 2.70 bits per heavy atom. The minimum absolute atomic E-state index is 0.0720. The highest BCUT2D eigenvalue weighted by Crippen LogP contribution is 2.39. The van der Waals surface area contributed by atoms with Gasteiger partial charge < -0.3 is 10.6 Å². The van der Waals surface area contributed by atoms with Gasteiger partial charge in [-0.2, -0.15) is 4.98 Å². The molecular formula is C25H21FN7O3S+. The van der Waals surface area contributed by atoms with Gasteiger partial charge in [-0.3, -0.25) is 14.9 Å². The summed E-state index contributed by atoms with van der Waals surface area (Å²) >= 11 is 1.25. The predicted molar refractivity (Wildman–Crippen MR) is 135 cm³/mol. The molecule has 186 valence electrons. The first kappa shape index (κ1) is 24.1. The second-order valence-electron chi connectivity index (χ2n) is 8.25. The van der Waals surface area contributed by atoms with Crippen LogP contribution in [0.2, 0.25) is 0 Å². The summed E-state index contributed by atoms with van der Waals surface area (Å²) < 4.78 is 15.7. The second kappa shape index (κ2) is 10.2. The Kier molecular flexibility index (Phi) is 6.64. The van der Waals surface area contributed by atoms with Crippen molar-refractivity contribution in [3.05, 3.63) is 112 Å². The second-order valence-corrected chi connectivity index (χ2v) is 9.19. The van der Waals surface area contributed by atoms with Crippen LogP contribution in [-0.2, 0) is 10.5 Å². The number of aromatic amines is 1. The first-order valence-electron chi connectivity index (χ1n) is 11.2. The van der Waals surface area contributed by atoms with E-state index in [1.165, 1.54) is 30.0 Å². The number of pyridine rings is 1. The van der Waals surface area contributed by atoms with Crippen LogP contribution in [-0.4, -0.2) is 25.6 Å². The Balaban J connectivity index is 1.50. The first-order chi connectivity index (χ1) is 17.9. The highest BCUT2D eigenvalue weighted by atomic mass is 32.2. The number of nitro groups is 1. The van der Waals surface area contributed by atoms with Crippen molar-refractivity contribution in [1.29, 1.82) is 0 Å². The topological polar surface area (TPSA) is 129 Å². The number of amides is 1. The van der Waals surface area contributed by atoms with Gasteiger partial charge in [0, 0.05) is 29.6 Å². The van der Waals surface area contributed by atoms with E-state index < -0.39 is 16.9 Å². The number of anilines is 2. The summed E-state index contributed by atoms with van der Waals surface area (Å²) in [5, 5.41) is 22.1. The minimum Gasteiger partial charge on any atom is -0.328 e. The SMILES string of the molecule is C=C1Nc2nc(SCc3ccccc3F)nn2C(c2ccc([N+](=O)[O-])cc2)C1C(=O)Nc1ccc[nH+]c1. The third-order valence-corrected chi connectivity index (χ3v) is 6.74. The van der Waals surface area contributed by atoms with Crippen LogP contribution in [0.3, 0.4) is 0 Å². The van der Waals surface area contributed by atoms with Crippen LogP contribution in [0.5, 0.6) is 0 Å². The van der Waals surface area contributed by atoms with E-state index in [9.17, 15) is 19.3 Å². The van der Waals surface area contributed by atoms with E-state index in [4.69, 9.17) is 0 Å². The third-order valence-electron chi connectivity index (χ3n) is 5.86. The molecule has 1 aliphatic rings. The molecule has 10 nitrogen and oxygen atoms in total. The standard InChI is InChI=1S/C25H20FN7O3S/c1-15-21(23(34)29-18-6-4-12-27-13-18)22(16-8-10-19(11-9-16)33(35)36)32-24(28-15)30-25(31-32)37-14-17-5-2-3-7-20(17)26/h2-13,21-22H,1,14H2,(H,29,34)(H,28,30,31)/p+1. The van der Waals surface area contributed by atoms with Crippen LogP contribution >= 0.6 is 11.8 Å². The number of hydrogen-bond donors (Lipinski definition) is 2. The number of non-ortho nitro benzene ring substituents is 1. The zero-order valence-corrected chi connectivity index (χ0v) is 20.1. The Morgan fingerprint density at radius 2 is 2.00 bits per heavy atom. The quantitative estimate of drug-likeness (QED) is 0.213. The molecule has 2 aromatic heterocycles. The molecule has 0 saturated heterocycles. The lowest BCUT2D eigenvalue weighted by Crippen LogP contribution is -2.39. The molecule has 0 spiro atoms. The largest absolute Gasteiger partial charge is 0.328 e. The predicted octanol–water partition coefficient (Wildman–Crippen LogP) is 4.22. The molecule has 5 rings (SSSR count). The average Bonchev–Trinajstić information content (AvgIpc) is 3.30. The fraction of sp³-hybridized carbons (Fsp3) is 0.120. The van der Waals surface area contributed by atoms with Gasteiger partial charge in [-0.1, -0.05) is 48.7 Å². The summed E-state index contributed by atoms with van der Waals surface area (Å²) in [4.78, 5) is 31.6. The molecule has 0 radical (unpaired) electrons. The molecule has 3 N–H and O–H groups in total. The van der Waals surface area contributed by atoms with E-state index in [0.717, 1.165) is 0 Å². The van der Waals surface area contributed by atoms with E-state index in [2.05, 4.69) is 32.3 Å². The molecule has 3 heterocycles. The molecule has 1 aliphatic heterocycles. The molecule has 0 bridgehead atoms. The number of hydrogen-bond acceptors (Lipinski definition) is 7. The molecule has 4 aromatic rings. The maximum Gasteiger partial charge on any atom is 0.269 e. The summed E-state index contributed by atoms with van der Waals surface area (Å²) in [6, 6.07) is 15.2. The van der Waals surface area contributed by atoms with E-state index in [0.29, 0.717) is 39.4 Å². The number of carbonyl (C=O) groups excluding carboxylic acids is 1. The number of benzene rings is 2. The zero-order valence-electron chi connectivity index (χ0n) is 19.3. The Labute approximate surface area is 214 Å². The molecule has 2 unspecified atom stereocenters. The summed E-state index contributed by atoms with van der Waals surface area (Å²) in [5.41, 5.74) is 2.02. The average molecular weight is 519 g/mol. The fourth-order valence-corrected chi connectivity index (χ4v) is 4.89. The fourth-order valence-electron chi connectivity index (χ4n) is 4.07. The van der Waals surface area contributed by atoms with Crippen molar-refractivity contribution in [2.24, 2.45) is 5.92 Å². The third kappa shape index (κ3) is 5.05. The Hall–Kier alpha value is -4.58. The van der Waals surface area contributed by atoms with Crippen molar-refractivity contribution in [2.45, 2.75) is 17.0 Å². The van der Waals surface area contributed by atoms with Gasteiger partial charge in [0.25, 0.3) is 5.69 Å². The zero-order chi connectivity index (χ0) is 25.9. The number of halogens is 1. The lowest BCUT2D eigenvalue weighted by atomic mass is 9.88. The monoisotopic (exact) mass is 518 g/mol. The number of carbonyl (C=O) groups is 1. The maximum absolute atomic E-state index is 14.1. The van der Waals surface area contributed by atoms with Gasteiger partial charge in [0.15, 0.2) is 12.4 Å². The summed E-state index contributed by atoms with van der Waals surface area (Å²) in [6.45, 7) is 4.07. The lowest BCUT2D eigenvalue weighted by Gasteiger charge is -2.33. The molecular weight excluding hydrogens is 497 g/mol. The number of aromatic nitrogens is 4. The van der Waals surface area contributed by atoms with E-state index in [1.807, 2.05) is 0 Å². The Bertz CT molecular complexity index is 1480. The van der Waals surface area contributed by atoms with Crippen molar-refractivity contribution >= 4 is 35.0 Å². The minimum atomic E-state index is -0.819. The first-order valence-corrected chi connectivity index (χ1v) is 12.2. The number of thioether (sulfide) groups is 1. The number of nitro benzene ring substituents is 1. The number of rotatable bonds is 7. The number of nitrogens with zero attached hydrogens (tertiary/aromatic N) is 4. The van der Waals surface area contributed by atoms with Crippen LogP contribution < -0.4 is 15.6 Å². The number of nitrogens with one attached hydrogen (secondary N) is 3. The van der Waals surface area contributed by atoms with Crippen molar-refractivity contribution in [3.8, 4) is 0 Å². The molecule has 2 atom stereocenters. The van der Waals surface area contributed by atoms with Crippen LogP contribution in [0.4, 0.5) is 21.7 Å². The summed E-state index contributed by atoms with van der Waals surface area (Å²) in [6.07, 6.45) is 3.37. The van der Waals surface area contributed by atoms with Gasteiger partial charge in [-0.15, -0.1) is 5.10 Å². The number of fused-ring (bicyclic) bond motifs is 1. The van der Waals surface area contributed by atoms with Crippen LogP contribution in [0.15, 0.2) is 90.5 Å². The van der Waals surface area contributed by atoms with Crippen molar-refractivity contribution in [3.63, 3.8) is 0 Å². The van der Waals surface area contributed by atoms with Crippen LogP contribution in [0.1, 0.15) is 17.2 Å². The lowest BCUT2D eigenvalue weighted by molar-refractivity contribution is -0.384. The number of H-pyrrole nitrogens is 1. The molecule has 0 saturated carbocycles.